The van der Waals surface area contributed by atoms with E-state index >= 15 is 0 Å². The summed E-state index contributed by atoms with van der Waals surface area (Å²) in [4.78, 5) is 23.1. The van der Waals surface area contributed by atoms with Crippen LogP contribution in [-0.2, 0) is 17.9 Å². The SMILES string of the molecule is Cc1[nH]c2c(c1CONCC(O)CN(C)C1CCCCC1)CCCC2=O. The number of H-pyrrole nitrogens is 1. The third-order valence-corrected chi connectivity index (χ3v) is 5.87. The van der Waals surface area contributed by atoms with E-state index in [1.54, 1.807) is 0 Å². The van der Waals surface area contributed by atoms with Crippen molar-refractivity contribution in [2.75, 3.05) is 20.1 Å². The van der Waals surface area contributed by atoms with Gasteiger partial charge < -0.3 is 15.0 Å². The first-order valence-electron chi connectivity index (χ1n) is 10.0. The maximum atomic E-state index is 12.0. The molecule has 0 radical (unpaired) electrons. The van der Waals surface area contributed by atoms with Crippen molar-refractivity contribution in [3.63, 3.8) is 0 Å². The number of nitrogens with one attached hydrogen (secondary N) is 2. The number of carbonyl (C=O) groups excluding carboxylic acids is 1. The average Bonchev–Trinajstić information content (AvgIpc) is 2.96. The first-order valence-corrected chi connectivity index (χ1v) is 10.0. The first kappa shape index (κ1) is 19.5. The summed E-state index contributed by atoms with van der Waals surface area (Å²) in [5.74, 6) is 0.203. The average molecular weight is 364 g/mol. The van der Waals surface area contributed by atoms with Crippen molar-refractivity contribution in [2.45, 2.75) is 77.0 Å². The minimum atomic E-state index is -0.454. The Kier molecular flexibility index (Phi) is 6.86. The molecular formula is C20H33N3O3. The van der Waals surface area contributed by atoms with Crippen molar-refractivity contribution in [1.29, 1.82) is 0 Å². The summed E-state index contributed by atoms with van der Waals surface area (Å²) in [6, 6.07) is 0.603. The van der Waals surface area contributed by atoms with Crippen molar-refractivity contribution in [1.82, 2.24) is 15.4 Å². The number of ketones is 1. The second kappa shape index (κ2) is 9.13. The smallest absolute Gasteiger partial charge is 0.179 e. The van der Waals surface area contributed by atoms with Gasteiger partial charge in [-0.15, -0.1) is 0 Å². The Balaban J connectivity index is 1.41. The molecule has 0 saturated heterocycles. The summed E-state index contributed by atoms with van der Waals surface area (Å²) in [6.45, 7) is 3.46. The maximum absolute atomic E-state index is 12.0. The molecule has 1 atom stereocenters. The number of nitrogens with zero attached hydrogens (tertiary/aromatic N) is 1. The second-order valence-electron chi connectivity index (χ2n) is 7.88. The Labute approximate surface area is 156 Å². The van der Waals surface area contributed by atoms with Crippen LogP contribution in [0.4, 0.5) is 0 Å². The third kappa shape index (κ3) is 4.74. The summed E-state index contributed by atoms with van der Waals surface area (Å²) >= 11 is 0. The highest BCUT2D eigenvalue weighted by molar-refractivity contribution is 5.97. The van der Waals surface area contributed by atoms with Crippen LogP contribution >= 0.6 is 0 Å². The number of hydrogen-bond donors (Lipinski definition) is 3. The maximum Gasteiger partial charge on any atom is 0.179 e. The zero-order chi connectivity index (χ0) is 18.5. The molecule has 26 heavy (non-hydrogen) atoms. The summed E-state index contributed by atoms with van der Waals surface area (Å²) in [6.07, 6.45) is 8.44. The number of aromatic nitrogens is 1. The first-order chi connectivity index (χ1) is 12.6. The van der Waals surface area contributed by atoms with Gasteiger partial charge in [-0.1, -0.05) is 19.3 Å². The van der Waals surface area contributed by atoms with Gasteiger partial charge in [0.15, 0.2) is 5.78 Å². The van der Waals surface area contributed by atoms with Gasteiger partial charge in [-0.05, 0) is 45.2 Å². The van der Waals surface area contributed by atoms with Gasteiger partial charge in [0, 0.05) is 36.8 Å². The molecule has 1 aromatic rings. The van der Waals surface area contributed by atoms with Crippen molar-refractivity contribution >= 4 is 5.78 Å². The van der Waals surface area contributed by atoms with E-state index in [9.17, 15) is 9.90 Å². The Morgan fingerprint density at radius 2 is 2.04 bits per heavy atom. The normalized spacial score (nSPS) is 19.8. The predicted octanol–water partition coefficient (Wildman–Crippen LogP) is 2.49. The molecule has 0 aliphatic heterocycles. The molecular weight excluding hydrogens is 330 g/mol. The summed E-state index contributed by atoms with van der Waals surface area (Å²) in [7, 11) is 2.10. The highest BCUT2D eigenvalue weighted by Gasteiger charge is 2.24. The Hall–Kier alpha value is -1.21. The fourth-order valence-corrected chi connectivity index (χ4v) is 4.32. The molecule has 0 aromatic carbocycles. The Bertz CT molecular complexity index is 608. The zero-order valence-corrected chi connectivity index (χ0v) is 16.1. The van der Waals surface area contributed by atoms with Crippen LogP contribution < -0.4 is 5.48 Å². The van der Waals surface area contributed by atoms with E-state index in [0.29, 0.717) is 32.2 Å². The van der Waals surface area contributed by atoms with Crippen LogP contribution in [0.25, 0.3) is 0 Å². The van der Waals surface area contributed by atoms with Gasteiger partial charge in [-0.2, -0.15) is 5.48 Å². The van der Waals surface area contributed by atoms with E-state index in [1.807, 2.05) is 6.92 Å². The summed E-state index contributed by atoms with van der Waals surface area (Å²) in [5, 5.41) is 10.3. The lowest BCUT2D eigenvalue weighted by molar-refractivity contribution is -0.00633. The van der Waals surface area contributed by atoms with E-state index in [-0.39, 0.29) is 5.78 Å². The minimum absolute atomic E-state index is 0.203. The number of aryl methyl sites for hydroxylation is 1. The second-order valence-corrected chi connectivity index (χ2v) is 7.88. The topological polar surface area (TPSA) is 77.6 Å². The standard InChI is InChI=1S/C20H33N3O3/c1-14-18(17-9-6-10-19(25)20(17)22-14)13-26-21-11-16(24)12-23(2)15-7-4-3-5-8-15/h15-16,21-22,24H,3-13H2,1-2H3. The highest BCUT2D eigenvalue weighted by Crippen LogP contribution is 2.27. The molecule has 1 aromatic heterocycles. The largest absolute Gasteiger partial charge is 0.390 e. The number of rotatable bonds is 8. The fraction of sp³-hybridized carbons (Fsp3) is 0.750. The Morgan fingerprint density at radius 1 is 1.27 bits per heavy atom. The van der Waals surface area contributed by atoms with E-state index < -0.39 is 6.10 Å². The number of aliphatic hydroxyl groups is 1. The zero-order valence-electron chi connectivity index (χ0n) is 16.1. The van der Waals surface area contributed by atoms with Gasteiger partial charge in [0.05, 0.1) is 18.4 Å². The number of aliphatic hydroxyl groups excluding tert-OH is 1. The van der Waals surface area contributed by atoms with E-state index in [4.69, 9.17) is 4.84 Å². The van der Waals surface area contributed by atoms with Crippen LogP contribution in [0.3, 0.4) is 0 Å². The molecule has 1 heterocycles. The molecule has 6 heteroatoms. The molecule has 1 unspecified atom stereocenters. The van der Waals surface area contributed by atoms with Crippen molar-refractivity contribution in [3.8, 4) is 0 Å². The van der Waals surface area contributed by atoms with E-state index in [0.717, 1.165) is 35.4 Å². The molecule has 0 spiro atoms. The number of hydroxylamine groups is 1. The molecule has 0 amide bonds. The highest BCUT2D eigenvalue weighted by atomic mass is 16.6. The fourth-order valence-electron chi connectivity index (χ4n) is 4.32. The quantitative estimate of drug-likeness (QED) is 0.489. The molecule has 1 saturated carbocycles. The van der Waals surface area contributed by atoms with Crippen LogP contribution in [0.5, 0.6) is 0 Å². The van der Waals surface area contributed by atoms with E-state index in [2.05, 4.69) is 22.4 Å². The Morgan fingerprint density at radius 3 is 2.81 bits per heavy atom. The molecule has 2 aliphatic carbocycles. The monoisotopic (exact) mass is 363 g/mol. The van der Waals surface area contributed by atoms with Crippen LogP contribution in [0, 0.1) is 6.92 Å². The number of fused-ring (bicyclic) bond motifs is 1. The minimum Gasteiger partial charge on any atom is -0.390 e. The van der Waals surface area contributed by atoms with Crippen molar-refractivity contribution in [3.05, 3.63) is 22.5 Å². The summed E-state index contributed by atoms with van der Waals surface area (Å²) < 4.78 is 0. The number of hydrogen-bond acceptors (Lipinski definition) is 5. The third-order valence-electron chi connectivity index (χ3n) is 5.87. The predicted molar refractivity (Wildman–Crippen MR) is 101 cm³/mol. The lowest BCUT2D eigenvalue weighted by atomic mass is 9.94. The number of carbonyl (C=O) groups is 1. The van der Waals surface area contributed by atoms with Gasteiger partial charge in [-0.3, -0.25) is 9.63 Å². The van der Waals surface area contributed by atoms with Crippen molar-refractivity contribution < 1.29 is 14.7 Å². The molecule has 3 N–H and O–H groups in total. The van der Waals surface area contributed by atoms with Crippen LogP contribution in [0.2, 0.25) is 0 Å². The molecule has 0 bridgehead atoms. The number of aromatic amines is 1. The van der Waals surface area contributed by atoms with Gasteiger partial charge in [0.2, 0.25) is 0 Å². The lowest BCUT2D eigenvalue weighted by Gasteiger charge is -2.32. The van der Waals surface area contributed by atoms with Gasteiger partial charge in [0.25, 0.3) is 0 Å². The van der Waals surface area contributed by atoms with Crippen LogP contribution in [0.15, 0.2) is 0 Å². The molecule has 1 fully saturated rings. The molecule has 6 nitrogen and oxygen atoms in total. The molecule has 2 aliphatic rings. The number of Topliss-reactive ketones (excluding diaryl/α,β-unsaturated/α-hetero) is 1. The lowest BCUT2D eigenvalue weighted by Crippen LogP contribution is -2.42. The van der Waals surface area contributed by atoms with E-state index in [1.165, 1.54) is 32.1 Å². The molecule has 146 valence electrons. The number of likely N-dealkylation sites (N-methyl/N-ethyl adjacent to an activating group) is 1. The van der Waals surface area contributed by atoms with Gasteiger partial charge in [-0.25, -0.2) is 0 Å². The van der Waals surface area contributed by atoms with Crippen LogP contribution in [-0.4, -0.2) is 53.1 Å². The molecule has 3 rings (SSSR count). The van der Waals surface area contributed by atoms with Crippen LogP contribution in [0.1, 0.15) is 72.3 Å². The van der Waals surface area contributed by atoms with Gasteiger partial charge >= 0.3 is 0 Å². The van der Waals surface area contributed by atoms with Crippen molar-refractivity contribution in [2.24, 2.45) is 0 Å². The summed E-state index contributed by atoms with van der Waals surface area (Å²) in [5.41, 5.74) is 6.86. The van der Waals surface area contributed by atoms with Gasteiger partial charge in [0.1, 0.15) is 0 Å².